The molecule has 4 N–H and O–H groups in total. The minimum Gasteiger partial charge on any atom is -0.382 e. The minimum absolute atomic E-state index is 0.0476. The number of nitrogens with zero attached hydrogens (tertiary/aromatic N) is 3. The molecule has 0 amide bonds. The Labute approximate surface area is 96.2 Å². The van der Waals surface area contributed by atoms with E-state index in [1.807, 2.05) is 13.0 Å². The molecule has 0 saturated carbocycles. The maximum atomic E-state index is 7.28. The van der Waals surface area contributed by atoms with E-state index in [9.17, 15) is 0 Å². The molecule has 0 bridgehead atoms. The Bertz CT molecular complexity index is 520. The Balaban J connectivity index is 2.21. The van der Waals surface area contributed by atoms with Crippen molar-refractivity contribution in [2.75, 3.05) is 0 Å². The number of H-pyrrole nitrogens is 1. The van der Waals surface area contributed by atoms with E-state index in [0.29, 0.717) is 10.9 Å². The van der Waals surface area contributed by atoms with Gasteiger partial charge in [0.05, 0.1) is 0 Å². The van der Waals surface area contributed by atoms with Crippen LogP contribution in [0.5, 0.6) is 0 Å². The van der Waals surface area contributed by atoms with Gasteiger partial charge in [0.25, 0.3) is 0 Å². The lowest BCUT2D eigenvalue weighted by atomic mass is 10.3. The summed E-state index contributed by atoms with van der Waals surface area (Å²) in [6.45, 7) is 1.84. The smallest absolute Gasteiger partial charge is 0.213 e. The molecule has 7 heteroatoms. The van der Waals surface area contributed by atoms with Crippen LogP contribution < -0.4 is 5.73 Å². The van der Waals surface area contributed by atoms with E-state index in [2.05, 4.69) is 20.2 Å². The highest BCUT2D eigenvalue weighted by atomic mass is 32.2. The third-order valence-corrected chi connectivity index (χ3v) is 2.65. The number of pyridine rings is 1. The summed E-state index contributed by atoms with van der Waals surface area (Å²) >= 11 is 1.39. The third-order valence-electron chi connectivity index (χ3n) is 1.79. The van der Waals surface area contributed by atoms with Crippen molar-refractivity contribution in [3.63, 3.8) is 0 Å². The number of aryl methyl sites for hydroxylation is 1. The second-order valence-electron chi connectivity index (χ2n) is 3.10. The molecule has 0 aliphatic rings. The van der Waals surface area contributed by atoms with Gasteiger partial charge in [-0.3, -0.25) is 15.5 Å². The molecular formula is C9H10N6S. The lowest BCUT2D eigenvalue weighted by Gasteiger charge is -1.99. The molecule has 0 spiro atoms. The van der Waals surface area contributed by atoms with E-state index in [-0.39, 0.29) is 5.84 Å². The molecule has 0 radical (unpaired) electrons. The van der Waals surface area contributed by atoms with Crippen LogP contribution in [0.4, 0.5) is 0 Å². The predicted molar refractivity (Wildman–Crippen MR) is 60.5 cm³/mol. The SMILES string of the molecule is Cc1nc(Sc2ccnc(C(=N)N)c2)n[nH]1. The van der Waals surface area contributed by atoms with Gasteiger partial charge >= 0.3 is 0 Å². The van der Waals surface area contributed by atoms with Crippen LogP contribution in [0.15, 0.2) is 28.4 Å². The molecule has 16 heavy (non-hydrogen) atoms. The fourth-order valence-electron chi connectivity index (χ4n) is 1.10. The second-order valence-corrected chi connectivity index (χ2v) is 4.14. The van der Waals surface area contributed by atoms with Gasteiger partial charge in [0.2, 0.25) is 5.16 Å². The lowest BCUT2D eigenvalue weighted by molar-refractivity contribution is 0.969. The topological polar surface area (TPSA) is 104 Å². The van der Waals surface area contributed by atoms with Crippen LogP contribution in [-0.4, -0.2) is 26.0 Å². The molecular weight excluding hydrogens is 224 g/mol. The van der Waals surface area contributed by atoms with Crippen LogP contribution in [0.2, 0.25) is 0 Å². The summed E-state index contributed by atoms with van der Waals surface area (Å²) in [7, 11) is 0. The maximum Gasteiger partial charge on any atom is 0.213 e. The Morgan fingerprint density at radius 2 is 2.38 bits per heavy atom. The number of nitrogens with two attached hydrogens (primary N) is 1. The molecule has 2 aromatic rings. The van der Waals surface area contributed by atoms with Crippen LogP contribution in [-0.2, 0) is 0 Å². The Hall–Kier alpha value is -1.89. The van der Waals surface area contributed by atoms with E-state index in [1.54, 1.807) is 12.3 Å². The van der Waals surface area contributed by atoms with Gasteiger partial charge in [-0.1, -0.05) is 0 Å². The first kappa shape index (κ1) is 10.6. The van der Waals surface area contributed by atoms with Crippen molar-refractivity contribution in [2.24, 2.45) is 5.73 Å². The maximum absolute atomic E-state index is 7.28. The molecule has 0 atom stereocenters. The molecule has 82 valence electrons. The Kier molecular flexibility index (Phi) is 2.86. The fourth-order valence-corrected chi connectivity index (χ4v) is 1.88. The van der Waals surface area contributed by atoms with Crippen molar-refractivity contribution >= 4 is 17.6 Å². The normalized spacial score (nSPS) is 10.3. The first-order valence-electron chi connectivity index (χ1n) is 4.52. The van der Waals surface area contributed by atoms with Crippen LogP contribution >= 0.6 is 11.8 Å². The highest BCUT2D eigenvalue weighted by molar-refractivity contribution is 7.99. The van der Waals surface area contributed by atoms with Crippen LogP contribution in [0.1, 0.15) is 11.5 Å². The van der Waals surface area contributed by atoms with Gasteiger partial charge in [-0.25, -0.2) is 4.98 Å². The Morgan fingerprint density at radius 1 is 1.56 bits per heavy atom. The van der Waals surface area contributed by atoms with E-state index < -0.39 is 0 Å². The minimum atomic E-state index is -0.0476. The van der Waals surface area contributed by atoms with Gasteiger partial charge in [0.15, 0.2) is 0 Å². The zero-order valence-electron chi connectivity index (χ0n) is 8.56. The average molecular weight is 234 g/mol. The molecule has 0 saturated heterocycles. The van der Waals surface area contributed by atoms with E-state index in [4.69, 9.17) is 11.1 Å². The van der Waals surface area contributed by atoms with Gasteiger partial charge in [0.1, 0.15) is 17.4 Å². The molecule has 0 aliphatic heterocycles. The predicted octanol–water partition coefficient (Wildman–Crippen LogP) is 0.943. The number of amidine groups is 1. The molecule has 6 nitrogen and oxygen atoms in total. The number of rotatable bonds is 3. The molecule has 0 unspecified atom stereocenters. The van der Waals surface area contributed by atoms with Crippen LogP contribution in [0.25, 0.3) is 0 Å². The number of nitrogens with one attached hydrogen (secondary N) is 2. The summed E-state index contributed by atoms with van der Waals surface area (Å²) in [5, 5.41) is 14.7. The van der Waals surface area contributed by atoms with Crippen molar-refractivity contribution in [3.8, 4) is 0 Å². The van der Waals surface area contributed by atoms with E-state index in [0.717, 1.165) is 10.7 Å². The number of hydrogen-bond donors (Lipinski definition) is 3. The number of aromatic amines is 1. The van der Waals surface area contributed by atoms with Crippen molar-refractivity contribution in [1.82, 2.24) is 20.2 Å². The van der Waals surface area contributed by atoms with Crippen molar-refractivity contribution in [1.29, 1.82) is 5.41 Å². The quantitative estimate of drug-likeness (QED) is 0.541. The molecule has 2 rings (SSSR count). The monoisotopic (exact) mass is 234 g/mol. The largest absolute Gasteiger partial charge is 0.382 e. The number of nitrogen functional groups attached to an aromatic ring is 1. The van der Waals surface area contributed by atoms with Crippen molar-refractivity contribution < 1.29 is 0 Å². The van der Waals surface area contributed by atoms with Gasteiger partial charge in [-0.15, -0.1) is 5.10 Å². The summed E-state index contributed by atoms with van der Waals surface area (Å²) in [5.74, 6) is 0.719. The van der Waals surface area contributed by atoms with Gasteiger partial charge in [-0.05, 0) is 30.8 Å². The third kappa shape index (κ3) is 2.37. The molecule has 2 aromatic heterocycles. The van der Waals surface area contributed by atoms with Crippen molar-refractivity contribution in [3.05, 3.63) is 29.8 Å². The van der Waals surface area contributed by atoms with E-state index in [1.165, 1.54) is 11.8 Å². The first-order chi connectivity index (χ1) is 7.65. The average Bonchev–Trinajstić information content (AvgIpc) is 2.64. The zero-order valence-corrected chi connectivity index (χ0v) is 9.38. The van der Waals surface area contributed by atoms with E-state index >= 15 is 0 Å². The van der Waals surface area contributed by atoms with Gasteiger partial charge in [-0.2, -0.15) is 0 Å². The fraction of sp³-hybridized carbons (Fsp3) is 0.111. The molecule has 2 heterocycles. The highest BCUT2D eigenvalue weighted by Crippen LogP contribution is 2.24. The van der Waals surface area contributed by atoms with Gasteiger partial charge in [0, 0.05) is 11.1 Å². The Morgan fingerprint density at radius 3 is 3.00 bits per heavy atom. The van der Waals surface area contributed by atoms with Gasteiger partial charge < -0.3 is 5.73 Å². The molecule has 0 aliphatic carbocycles. The number of aromatic nitrogens is 4. The zero-order chi connectivity index (χ0) is 11.5. The lowest BCUT2D eigenvalue weighted by Crippen LogP contribution is -2.12. The number of hydrogen-bond acceptors (Lipinski definition) is 5. The molecule has 0 aromatic carbocycles. The second kappa shape index (κ2) is 4.31. The summed E-state index contributed by atoms with van der Waals surface area (Å²) in [6, 6.07) is 3.56. The summed E-state index contributed by atoms with van der Waals surface area (Å²) in [4.78, 5) is 9.05. The molecule has 0 fully saturated rings. The summed E-state index contributed by atoms with van der Waals surface area (Å²) < 4.78 is 0. The summed E-state index contributed by atoms with van der Waals surface area (Å²) in [5.41, 5.74) is 5.81. The first-order valence-corrected chi connectivity index (χ1v) is 5.34. The standard InChI is InChI=1S/C9H10N6S/c1-5-13-9(15-14-5)16-6-2-3-12-7(4-6)8(10)11/h2-4H,1H3,(H3,10,11)(H,13,14,15). The van der Waals surface area contributed by atoms with Crippen LogP contribution in [0, 0.1) is 12.3 Å². The highest BCUT2D eigenvalue weighted by Gasteiger charge is 2.05. The van der Waals surface area contributed by atoms with Crippen molar-refractivity contribution in [2.45, 2.75) is 17.0 Å². The summed E-state index contributed by atoms with van der Waals surface area (Å²) in [6.07, 6.45) is 1.61. The van der Waals surface area contributed by atoms with Crippen LogP contribution in [0.3, 0.4) is 0 Å².